The average Bonchev–Trinajstić information content (AvgIpc) is 2.69. The molecule has 1 fully saturated rings. The van der Waals surface area contributed by atoms with Crippen molar-refractivity contribution < 1.29 is 24.2 Å². The number of amides is 1. The van der Waals surface area contributed by atoms with E-state index in [4.69, 9.17) is 9.47 Å². The first-order valence-electron chi connectivity index (χ1n) is 9.39. The molecule has 28 heavy (non-hydrogen) atoms. The number of carboxylic acids is 1. The van der Waals surface area contributed by atoms with Crippen LogP contribution >= 0.6 is 0 Å². The molecular formula is C22H25NO5. The zero-order valence-corrected chi connectivity index (χ0v) is 16.2. The fourth-order valence-corrected chi connectivity index (χ4v) is 3.32. The Balaban J connectivity index is 1.76. The first kappa shape index (κ1) is 20.0. The largest absolute Gasteiger partial charge is 0.478 e. The molecule has 1 amide bonds. The van der Waals surface area contributed by atoms with Crippen molar-refractivity contribution in [2.45, 2.75) is 39.4 Å². The smallest absolute Gasteiger partial charge is 0.336 e. The number of carboxylic acid groups (broad SMARTS) is 1. The molecule has 6 nitrogen and oxygen atoms in total. The molecular weight excluding hydrogens is 358 g/mol. The molecule has 3 rings (SSSR count). The highest BCUT2D eigenvalue weighted by molar-refractivity contribution is 6.06. The molecule has 1 heterocycles. The van der Waals surface area contributed by atoms with E-state index in [0.717, 1.165) is 24.0 Å². The first-order valence-corrected chi connectivity index (χ1v) is 9.39. The van der Waals surface area contributed by atoms with Crippen LogP contribution in [0.1, 0.15) is 50.2 Å². The zero-order chi connectivity index (χ0) is 20.1. The fraction of sp³-hybridized carbons (Fsp3) is 0.364. The molecule has 2 aromatic rings. The number of benzene rings is 2. The van der Waals surface area contributed by atoms with Crippen molar-refractivity contribution in [3.63, 3.8) is 0 Å². The Morgan fingerprint density at radius 2 is 1.82 bits per heavy atom. The number of carbonyl (C=O) groups is 2. The van der Waals surface area contributed by atoms with Gasteiger partial charge in [0.15, 0.2) is 0 Å². The molecule has 0 aromatic heterocycles. The highest BCUT2D eigenvalue weighted by Gasteiger charge is 2.18. The van der Waals surface area contributed by atoms with E-state index in [1.807, 2.05) is 19.1 Å². The third kappa shape index (κ3) is 4.77. The van der Waals surface area contributed by atoms with Gasteiger partial charge in [0.05, 0.1) is 18.3 Å². The Hall–Kier alpha value is -2.70. The van der Waals surface area contributed by atoms with E-state index in [1.165, 1.54) is 6.07 Å². The van der Waals surface area contributed by atoms with Gasteiger partial charge in [0.25, 0.3) is 5.91 Å². The molecule has 0 radical (unpaired) electrons. The van der Waals surface area contributed by atoms with Crippen molar-refractivity contribution in [2.75, 3.05) is 18.5 Å². The maximum Gasteiger partial charge on any atom is 0.336 e. The van der Waals surface area contributed by atoms with Gasteiger partial charge in [-0.05, 0) is 55.5 Å². The molecule has 2 aromatic carbocycles. The van der Waals surface area contributed by atoms with Crippen molar-refractivity contribution >= 4 is 17.6 Å². The van der Waals surface area contributed by atoms with Gasteiger partial charge in [0, 0.05) is 24.5 Å². The average molecular weight is 383 g/mol. The van der Waals surface area contributed by atoms with Crippen LogP contribution in [0.2, 0.25) is 0 Å². The van der Waals surface area contributed by atoms with E-state index in [9.17, 15) is 14.7 Å². The van der Waals surface area contributed by atoms with Crippen LogP contribution in [0.15, 0.2) is 36.4 Å². The minimum atomic E-state index is -1.02. The van der Waals surface area contributed by atoms with Crippen LogP contribution in [0, 0.1) is 13.8 Å². The van der Waals surface area contributed by atoms with E-state index in [1.54, 1.807) is 25.1 Å². The molecule has 2 N–H and O–H groups in total. The summed E-state index contributed by atoms with van der Waals surface area (Å²) in [6, 6.07) is 10.6. The molecule has 1 aliphatic heterocycles. The van der Waals surface area contributed by atoms with Gasteiger partial charge >= 0.3 is 5.97 Å². The van der Waals surface area contributed by atoms with Gasteiger partial charge in [0.1, 0.15) is 0 Å². The molecule has 0 atom stereocenters. The third-order valence-electron chi connectivity index (χ3n) is 4.95. The van der Waals surface area contributed by atoms with Crippen LogP contribution in [0.25, 0.3) is 0 Å². The maximum atomic E-state index is 12.9. The maximum absolute atomic E-state index is 12.9. The van der Waals surface area contributed by atoms with E-state index in [-0.39, 0.29) is 17.6 Å². The standard InChI is InChI=1S/C22H25NO5/c1-14-11-15(2)20(12-19(14)22(25)26)23-21(24)18-6-4-3-5-16(18)13-28-17-7-9-27-10-8-17/h3-6,11-12,17H,7-10,13H2,1-2H3,(H,23,24)(H,25,26). The van der Waals surface area contributed by atoms with E-state index < -0.39 is 5.97 Å². The highest BCUT2D eigenvalue weighted by atomic mass is 16.5. The van der Waals surface area contributed by atoms with Crippen LogP contribution in [-0.2, 0) is 16.1 Å². The van der Waals surface area contributed by atoms with Crippen molar-refractivity contribution in [1.82, 2.24) is 0 Å². The normalized spacial score (nSPS) is 14.6. The van der Waals surface area contributed by atoms with Crippen molar-refractivity contribution in [2.24, 2.45) is 0 Å². The zero-order valence-electron chi connectivity index (χ0n) is 16.2. The van der Waals surface area contributed by atoms with Crippen LogP contribution in [0.3, 0.4) is 0 Å². The predicted molar refractivity (Wildman–Crippen MR) is 106 cm³/mol. The molecule has 1 saturated heterocycles. The molecule has 0 saturated carbocycles. The highest BCUT2D eigenvalue weighted by Crippen LogP contribution is 2.23. The number of anilines is 1. The SMILES string of the molecule is Cc1cc(C)c(C(=O)O)cc1NC(=O)c1ccccc1COC1CCOCC1. The number of ether oxygens (including phenoxy) is 2. The predicted octanol–water partition coefficient (Wildman–Crippen LogP) is 3.95. The number of aromatic carboxylic acids is 1. The van der Waals surface area contributed by atoms with Crippen molar-refractivity contribution in [3.05, 3.63) is 64.2 Å². The molecule has 148 valence electrons. The van der Waals surface area contributed by atoms with Crippen LogP contribution in [0.5, 0.6) is 0 Å². The molecule has 0 unspecified atom stereocenters. The lowest BCUT2D eigenvalue weighted by Crippen LogP contribution is -2.24. The number of hydrogen-bond donors (Lipinski definition) is 2. The number of carbonyl (C=O) groups excluding carboxylic acids is 1. The van der Waals surface area contributed by atoms with Gasteiger partial charge < -0.3 is 19.9 Å². The van der Waals surface area contributed by atoms with Gasteiger partial charge in [0.2, 0.25) is 0 Å². The lowest BCUT2D eigenvalue weighted by atomic mass is 10.0. The van der Waals surface area contributed by atoms with Gasteiger partial charge in [-0.1, -0.05) is 24.3 Å². The summed E-state index contributed by atoms with van der Waals surface area (Å²) in [5.74, 6) is -1.30. The second-order valence-electron chi connectivity index (χ2n) is 7.02. The Kier molecular flexibility index (Phi) is 6.44. The topological polar surface area (TPSA) is 84.9 Å². The first-order chi connectivity index (χ1) is 13.5. The minimum Gasteiger partial charge on any atom is -0.478 e. The van der Waals surface area contributed by atoms with Crippen molar-refractivity contribution in [1.29, 1.82) is 0 Å². The summed E-state index contributed by atoms with van der Waals surface area (Å²) in [6.07, 6.45) is 1.85. The van der Waals surface area contributed by atoms with Crippen LogP contribution < -0.4 is 5.32 Å². The van der Waals surface area contributed by atoms with Gasteiger partial charge in [-0.3, -0.25) is 4.79 Å². The number of nitrogens with one attached hydrogen (secondary N) is 1. The van der Waals surface area contributed by atoms with Crippen molar-refractivity contribution in [3.8, 4) is 0 Å². The quantitative estimate of drug-likeness (QED) is 0.789. The summed E-state index contributed by atoms with van der Waals surface area (Å²) in [4.78, 5) is 24.3. The summed E-state index contributed by atoms with van der Waals surface area (Å²) >= 11 is 0. The molecule has 6 heteroatoms. The second kappa shape index (κ2) is 8.99. The lowest BCUT2D eigenvalue weighted by Gasteiger charge is -2.23. The summed E-state index contributed by atoms with van der Waals surface area (Å²) in [6.45, 7) is 5.33. The molecule has 0 aliphatic carbocycles. The minimum absolute atomic E-state index is 0.141. The monoisotopic (exact) mass is 383 g/mol. The van der Waals surface area contributed by atoms with E-state index in [0.29, 0.717) is 36.6 Å². The number of rotatable bonds is 6. The Bertz CT molecular complexity index is 871. The molecule has 0 bridgehead atoms. The fourth-order valence-electron chi connectivity index (χ4n) is 3.32. The Labute approximate surface area is 164 Å². The number of hydrogen-bond acceptors (Lipinski definition) is 4. The van der Waals surface area contributed by atoms with Crippen LogP contribution in [-0.4, -0.2) is 36.3 Å². The summed E-state index contributed by atoms with van der Waals surface area (Å²) < 4.78 is 11.3. The van der Waals surface area contributed by atoms with Gasteiger partial charge in [-0.2, -0.15) is 0 Å². The van der Waals surface area contributed by atoms with Gasteiger partial charge in [-0.15, -0.1) is 0 Å². The molecule has 1 aliphatic rings. The van der Waals surface area contributed by atoms with E-state index in [2.05, 4.69) is 5.32 Å². The second-order valence-corrected chi connectivity index (χ2v) is 7.02. The third-order valence-corrected chi connectivity index (χ3v) is 4.95. The Morgan fingerprint density at radius 3 is 2.54 bits per heavy atom. The van der Waals surface area contributed by atoms with Crippen LogP contribution in [0.4, 0.5) is 5.69 Å². The Morgan fingerprint density at radius 1 is 1.11 bits per heavy atom. The lowest BCUT2D eigenvalue weighted by molar-refractivity contribution is -0.0391. The summed E-state index contributed by atoms with van der Waals surface area (Å²) in [5.41, 5.74) is 3.46. The summed E-state index contributed by atoms with van der Waals surface area (Å²) in [5, 5.41) is 12.2. The molecule has 0 spiro atoms. The van der Waals surface area contributed by atoms with E-state index >= 15 is 0 Å². The van der Waals surface area contributed by atoms with Gasteiger partial charge in [-0.25, -0.2) is 4.79 Å². The summed E-state index contributed by atoms with van der Waals surface area (Å²) in [7, 11) is 0. The number of aryl methyl sites for hydroxylation is 2.